The number of nitrogens with zero attached hydrogens (tertiary/aromatic N) is 2. The maximum atomic E-state index is 13.2. The standard InChI is InChI=1S/C25H28N2O5/c1-2-32-25(31)21(15-12-18-8-4-3-5-9-18)26-16-20-14-13-19-10-6-7-11-22(19)27(24(20)30)17-23(28)29/h3-11,16,20-21H,2,12-15,17H2,1H3,(H,28,29)/t20?,21-/m0/s1. The van der Waals surface area contributed by atoms with Gasteiger partial charge in [0.2, 0.25) is 5.91 Å². The number of aryl methyl sites for hydroxylation is 2. The average Bonchev–Trinajstić information content (AvgIpc) is 2.91. The van der Waals surface area contributed by atoms with E-state index in [1.165, 1.54) is 11.1 Å². The van der Waals surface area contributed by atoms with Gasteiger partial charge in [0.25, 0.3) is 0 Å². The minimum Gasteiger partial charge on any atom is -0.480 e. The van der Waals surface area contributed by atoms with Crippen molar-refractivity contribution in [2.75, 3.05) is 18.1 Å². The molecule has 7 heteroatoms. The SMILES string of the molecule is CCOC(=O)[C@H](CCc1ccccc1)N=CC1CCc2ccccc2N(CC(=O)O)C1=O. The molecule has 0 fully saturated rings. The summed E-state index contributed by atoms with van der Waals surface area (Å²) in [4.78, 5) is 42.8. The molecule has 168 valence electrons. The van der Waals surface area contributed by atoms with E-state index in [4.69, 9.17) is 4.74 Å². The van der Waals surface area contributed by atoms with Gasteiger partial charge in [-0.3, -0.25) is 14.6 Å². The molecule has 0 bridgehead atoms. The summed E-state index contributed by atoms with van der Waals surface area (Å²) in [5, 5.41) is 9.33. The first-order valence-electron chi connectivity index (χ1n) is 10.8. The zero-order chi connectivity index (χ0) is 22.9. The Bertz CT molecular complexity index is 973. The van der Waals surface area contributed by atoms with Gasteiger partial charge in [-0.1, -0.05) is 48.5 Å². The van der Waals surface area contributed by atoms with Crippen molar-refractivity contribution in [3.05, 3.63) is 65.7 Å². The Balaban J connectivity index is 1.79. The van der Waals surface area contributed by atoms with Gasteiger partial charge in [0.1, 0.15) is 12.6 Å². The van der Waals surface area contributed by atoms with Crippen LogP contribution in [-0.2, 0) is 32.0 Å². The molecule has 0 saturated heterocycles. The molecule has 0 aliphatic carbocycles. The van der Waals surface area contributed by atoms with E-state index >= 15 is 0 Å². The van der Waals surface area contributed by atoms with Crippen molar-refractivity contribution < 1.29 is 24.2 Å². The van der Waals surface area contributed by atoms with Gasteiger partial charge in [-0.2, -0.15) is 0 Å². The van der Waals surface area contributed by atoms with E-state index in [0.717, 1.165) is 11.1 Å². The molecular weight excluding hydrogens is 408 g/mol. The zero-order valence-electron chi connectivity index (χ0n) is 18.1. The molecule has 0 spiro atoms. The number of hydrogen-bond acceptors (Lipinski definition) is 5. The number of para-hydroxylation sites is 1. The van der Waals surface area contributed by atoms with Gasteiger partial charge >= 0.3 is 11.9 Å². The van der Waals surface area contributed by atoms with Gasteiger partial charge in [-0.15, -0.1) is 0 Å². The minimum absolute atomic E-state index is 0.250. The Morgan fingerprint density at radius 3 is 2.62 bits per heavy atom. The highest BCUT2D eigenvalue weighted by molar-refractivity contribution is 6.06. The van der Waals surface area contributed by atoms with Crippen LogP contribution in [0, 0.1) is 5.92 Å². The number of carbonyl (C=O) groups is 3. The lowest BCUT2D eigenvalue weighted by Gasteiger charge is -2.23. The van der Waals surface area contributed by atoms with Crippen molar-refractivity contribution >= 4 is 29.7 Å². The molecule has 2 aromatic rings. The summed E-state index contributed by atoms with van der Waals surface area (Å²) in [5.41, 5.74) is 2.62. The summed E-state index contributed by atoms with van der Waals surface area (Å²) < 4.78 is 5.18. The summed E-state index contributed by atoms with van der Waals surface area (Å²) in [7, 11) is 0. The van der Waals surface area contributed by atoms with E-state index in [2.05, 4.69) is 4.99 Å². The van der Waals surface area contributed by atoms with Gasteiger partial charge in [0, 0.05) is 11.9 Å². The molecule has 3 rings (SSSR count). The molecule has 0 aromatic heterocycles. The third-order valence-electron chi connectivity index (χ3n) is 5.44. The molecule has 1 aliphatic rings. The summed E-state index contributed by atoms with van der Waals surface area (Å²) in [6.07, 6.45) is 3.72. The largest absolute Gasteiger partial charge is 0.480 e. The highest BCUT2D eigenvalue weighted by atomic mass is 16.5. The topological polar surface area (TPSA) is 96.3 Å². The number of aliphatic carboxylic acids is 1. The number of rotatable bonds is 9. The van der Waals surface area contributed by atoms with Crippen molar-refractivity contribution in [3.8, 4) is 0 Å². The van der Waals surface area contributed by atoms with Crippen LogP contribution in [0.5, 0.6) is 0 Å². The fourth-order valence-corrected chi connectivity index (χ4v) is 3.82. The number of esters is 1. The van der Waals surface area contributed by atoms with E-state index in [0.29, 0.717) is 31.4 Å². The molecular formula is C25H28N2O5. The molecule has 2 atom stereocenters. The summed E-state index contributed by atoms with van der Waals surface area (Å²) in [6, 6.07) is 16.4. The first kappa shape index (κ1) is 23.2. The number of carboxylic acids is 1. The van der Waals surface area contributed by atoms with E-state index in [1.54, 1.807) is 19.1 Å². The monoisotopic (exact) mass is 436 g/mol. The number of ether oxygens (including phenoxy) is 1. The molecule has 0 radical (unpaired) electrons. The highest BCUT2D eigenvalue weighted by Gasteiger charge is 2.31. The van der Waals surface area contributed by atoms with Crippen molar-refractivity contribution in [2.24, 2.45) is 10.9 Å². The summed E-state index contributed by atoms with van der Waals surface area (Å²) in [5.74, 6) is -2.45. The molecule has 2 aromatic carbocycles. The van der Waals surface area contributed by atoms with Gasteiger partial charge < -0.3 is 14.7 Å². The van der Waals surface area contributed by atoms with Crippen LogP contribution in [0.4, 0.5) is 5.69 Å². The second kappa shape index (κ2) is 11.2. The molecule has 1 heterocycles. The first-order valence-corrected chi connectivity index (χ1v) is 10.8. The molecule has 32 heavy (non-hydrogen) atoms. The van der Waals surface area contributed by atoms with Crippen LogP contribution < -0.4 is 4.90 Å². The third kappa shape index (κ3) is 6.03. The fourth-order valence-electron chi connectivity index (χ4n) is 3.82. The normalized spacial score (nSPS) is 17.0. The van der Waals surface area contributed by atoms with Crippen LogP contribution in [0.2, 0.25) is 0 Å². The number of anilines is 1. The predicted molar refractivity (Wildman–Crippen MR) is 122 cm³/mol. The maximum absolute atomic E-state index is 13.2. The number of amides is 1. The quantitative estimate of drug-likeness (QED) is 0.481. The van der Waals surface area contributed by atoms with E-state index in [9.17, 15) is 19.5 Å². The molecule has 0 saturated carbocycles. The molecule has 1 amide bonds. The van der Waals surface area contributed by atoms with Crippen molar-refractivity contribution in [1.29, 1.82) is 0 Å². The van der Waals surface area contributed by atoms with E-state index in [-0.39, 0.29) is 12.5 Å². The molecule has 1 aliphatic heterocycles. The van der Waals surface area contributed by atoms with Gasteiger partial charge in [0.05, 0.1) is 12.5 Å². The highest BCUT2D eigenvalue weighted by Crippen LogP contribution is 2.28. The van der Waals surface area contributed by atoms with Crippen LogP contribution >= 0.6 is 0 Å². The second-order valence-electron chi connectivity index (χ2n) is 7.68. The number of carboxylic acid groups (broad SMARTS) is 1. The average molecular weight is 437 g/mol. The van der Waals surface area contributed by atoms with Crippen molar-refractivity contribution in [3.63, 3.8) is 0 Å². The maximum Gasteiger partial charge on any atom is 0.330 e. The number of aliphatic imine (C=N–C) groups is 1. The molecule has 1 N–H and O–H groups in total. The predicted octanol–water partition coefficient (Wildman–Crippen LogP) is 3.30. The van der Waals surface area contributed by atoms with Gasteiger partial charge in [-0.05, 0) is 49.8 Å². The lowest BCUT2D eigenvalue weighted by Crippen LogP contribution is -2.39. The van der Waals surface area contributed by atoms with Crippen LogP contribution in [0.1, 0.15) is 30.9 Å². The van der Waals surface area contributed by atoms with Crippen LogP contribution in [0.15, 0.2) is 59.6 Å². The Morgan fingerprint density at radius 1 is 1.19 bits per heavy atom. The lowest BCUT2D eigenvalue weighted by molar-refractivity contribution is -0.144. The van der Waals surface area contributed by atoms with Crippen molar-refractivity contribution in [1.82, 2.24) is 0 Å². The van der Waals surface area contributed by atoms with Gasteiger partial charge in [-0.25, -0.2) is 4.79 Å². The molecule has 7 nitrogen and oxygen atoms in total. The number of hydrogen-bond donors (Lipinski definition) is 1. The van der Waals surface area contributed by atoms with Gasteiger partial charge in [0.15, 0.2) is 0 Å². The van der Waals surface area contributed by atoms with Crippen LogP contribution in [0.25, 0.3) is 0 Å². The minimum atomic E-state index is -1.09. The van der Waals surface area contributed by atoms with Crippen LogP contribution in [-0.4, -0.2) is 48.4 Å². The first-order chi connectivity index (χ1) is 15.5. The Kier molecular flexibility index (Phi) is 8.14. The van der Waals surface area contributed by atoms with Crippen LogP contribution in [0.3, 0.4) is 0 Å². The Labute approximate surface area is 187 Å². The Morgan fingerprint density at radius 2 is 1.91 bits per heavy atom. The number of benzene rings is 2. The smallest absolute Gasteiger partial charge is 0.330 e. The Hall–Kier alpha value is -3.48. The summed E-state index contributed by atoms with van der Waals surface area (Å²) in [6.45, 7) is 1.57. The second-order valence-corrected chi connectivity index (χ2v) is 7.68. The third-order valence-corrected chi connectivity index (χ3v) is 5.44. The van der Waals surface area contributed by atoms with Crippen molar-refractivity contribution in [2.45, 2.75) is 38.6 Å². The zero-order valence-corrected chi connectivity index (χ0v) is 18.1. The van der Waals surface area contributed by atoms with E-state index < -0.39 is 30.4 Å². The summed E-state index contributed by atoms with van der Waals surface area (Å²) >= 11 is 0. The van der Waals surface area contributed by atoms with E-state index in [1.807, 2.05) is 42.5 Å². The number of fused-ring (bicyclic) bond motifs is 1. The lowest BCUT2D eigenvalue weighted by atomic mass is 10.0. The molecule has 1 unspecified atom stereocenters. The fraction of sp³-hybridized carbons (Fsp3) is 0.360. The number of carbonyl (C=O) groups excluding carboxylic acids is 2.